The number of amides is 1. The van der Waals surface area contributed by atoms with Gasteiger partial charge in [0.25, 0.3) is 0 Å². The predicted octanol–water partition coefficient (Wildman–Crippen LogP) is 2.92. The molecule has 2 aliphatic rings. The second-order valence-corrected chi connectivity index (χ2v) is 13.3. The fourth-order valence-electron chi connectivity index (χ4n) is 5.37. The van der Waals surface area contributed by atoms with Gasteiger partial charge in [-0.25, -0.2) is 0 Å². The van der Waals surface area contributed by atoms with Crippen molar-refractivity contribution in [3.63, 3.8) is 0 Å². The minimum absolute atomic E-state index is 0.0664. The quantitative estimate of drug-likeness (QED) is 0.205. The number of nitrogens with one attached hydrogen (secondary N) is 2. The molecular formula is C30H33F4N5O3Se. The number of fused-ring (bicyclic) bond motifs is 1. The van der Waals surface area contributed by atoms with Crippen LogP contribution in [0.15, 0.2) is 42.6 Å². The van der Waals surface area contributed by atoms with Crippen molar-refractivity contribution in [1.82, 2.24) is 14.2 Å². The number of piperidine rings is 1. The van der Waals surface area contributed by atoms with Crippen molar-refractivity contribution in [3.8, 4) is 17.6 Å². The molecule has 1 amide bonds. The number of pyridine rings is 1. The summed E-state index contributed by atoms with van der Waals surface area (Å²) in [6.07, 6.45) is 1.05. The third-order valence-electron chi connectivity index (χ3n) is 7.45. The average molecular weight is 667 g/mol. The molecule has 0 bridgehead atoms. The van der Waals surface area contributed by atoms with E-state index in [1.807, 2.05) is 11.9 Å². The zero-order valence-electron chi connectivity index (χ0n) is 24.0. The number of β-amino-alcohol motifs (C(OH)–C–C–N with tert-alkyl or cyclic N) is 1. The van der Waals surface area contributed by atoms with Gasteiger partial charge in [0.2, 0.25) is 0 Å². The van der Waals surface area contributed by atoms with Crippen molar-refractivity contribution in [2.24, 2.45) is 0 Å². The van der Waals surface area contributed by atoms with Crippen LogP contribution in [0, 0.1) is 11.8 Å². The summed E-state index contributed by atoms with van der Waals surface area (Å²) in [7, 11) is 3.32. The van der Waals surface area contributed by atoms with E-state index in [4.69, 9.17) is 4.74 Å². The van der Waals surface area contributed by atoms with Gasteiger partial charge in [0.1, 0.15) is 0 Å². The van der Waals surface area contributed by atoms with Crippen LogP contribution in [0.2, 0.25) is 0 Å². The summed E-state index contributed by atoms with van der Waals surface area (Å²) in [6.45, 7) is 3.29. The zero-order valence-corrected chi connectivity index (χ0v) is 25.7. The Balaban J connectivity index is 1.34. The van der Waals surface area contributed by atoms with E-state index in [1.165, 1.54) is 11.5 Å². The van der Waals surface area contributed by atoms with Crippen molar-refractivity contribution in [3.05, 3.63) is 53.7 Å². The van der Waals surface area contributed by atoms with Crippen molar-refractivity contribution < 1.29 is 32.2 Å². The topological polar surface area (TPSA) is 81.5 Å². The fourth-order valence-corrected chi connectivity index (χ4v) is 6.83. The number of carbonyl (C=O) groups excluding carboxylic acids is 1. The summed E-state index contributed by atoms with van der Waals surface area (Å²) >= 11 is -1.86. The van der Waals surface area contributed by atoms with E-state index in [0.717, 1.165) is 6.54 Å². The molecule has 2 aliphatic heterocycles. The molecule has 2 aromatic heterocycles. The number of carbonyl (C=O) groups is 1. The Morgan fingerprint density at radius 1 is 1.23 bits per heavy atom. The molecule has 0 unspecified atom stereocenters. The predicted molar refractivity (Wildman–Crippen MR) is 158 cm³/mol. The first-order valence-electron chi connectivity index (χ1n) is 13.7. The van der Waals surface area contributed by atoms with E-state index >= 15 is 0 Å². The van der Waals surface area contributed by atoms with Gasteiger partial charge in [-0.15, -0.1) is 0 Å². The van der Waals surface area contributed by atoms with Gasteiger partial charge >= 0.3 is 223 Å². The van der Waals surface area contributed by atoms with Gasteiger partial charge < -0.3 is 5.11 Å². The van der Waals surface area contributed by atoms with E-state index in [-0.39, 0.29) is 35.7 Å². The maximum atomic E-state index is 14.7. The summed E-state index contributed by atoms with van der Waals surface area (Å²) in [6, 6.07) is 9.48. The van der Waals surface area contributed by atoms with E-state index in [1.54, 1.807) is 54.4 Å². The molecule has 2 saturated heterocycles. The van der Waals surface area contributed by atoms with Crippen LogP contribution in [0.1, 0.15) is 29.3 Å². The summed E-state index contributed by atoms with van der Waals surface area (Å²) in [5, 5.41) is 11.8. The van der Waals surface area contributed by atoms with E-state index in [2.05, 4.69) is 22.5 Å². The van der Waals surface area contributed by atoms with Crippen LogP contribution in [0.5, 0.6) is 5.75 Å². The van der Waals surface area contributed by atoms with Crippen molar-refractivity contribution in [2.75, 3.05) is 57.5 Å². The Hall–Kier alpha value is -3.43. The number of hydrogen-bond acceptors (Lipinski definition) is 6. The van der Waals surface area contributed by atoms with Crippen LogP contribution in [0.4, 0.5) is 28.9 Å². The molecule has 5 rings (SSSR count). The van der Waals surface area contributed by atoms with Crippen LogP contribution in [-0.4, -0.2) is 110 Å². The van der Waals surface area contributed by atoms with Crippen molar-refractivity contribution in [1.29, 1.82) is 0 Å². The van der Waals surface area contributed by atoms with Crippen LogP contribution < -0.4 is 20.0 Å². The van der Waals surface area contributed by atoms with Crippen LogP contribution >= 0.6 is 0 Å². The first-order chi connectivity index (χ1) is 20.3. The van der Waals surface area contributed by atoms with E-state index in [9.17, 15) is 27.5 Å². The standard InChI is InChI=1S/C30H33F4N5O3Se/c1-29(41)17-38(18-29)27(40)19-8-9-24(26(15-19)42-3)35-11-4-6-20-14-25-23(36-22-10-13-37(2)16-21(22)31)7-5-12-39(25)28(20)43-30(32,33)34/h5,7-9,12,14-15,21-22,35-36,41H,10-11,13,16-18H2,1-3H3/t21-,22+/m0/s1. The minimum atomic E-state index is -4.39. The second kappa shape index (κ2) is 12.3. The summed E-state index contributed by atoms with van der Waals surface area (Å²) < 4.78 is 62.5. The third-order valence-corrected chi connectivity index (χ3v) is 9.22. The number of hydrogen-bond donors (Lipinski definition) is 3. The number of halogens is 4. The number of anilines is 2. The molecule has 3 N–H and O–H groups in total. The summed E-state index contributed by atoms with van der Waals surface area (Å²) in [5.74, 6) is 5.99. The van der Waals surface area contributed by atoms with Gasteiger partial charge in [-0.2, -0.15) is 0 Å². The maximum absolute atomic E-state index is 14.7. The summed E-state index contributed by atoms with van der Waals surface area (Å²) in [5.41, 5.74) is 1.43. The SMILES string of the molecule is COc1cc(C(=O)N2CC(C)(O)C2)ccc1NCC#Cc1cc2c(N[C@@H]3CCN(C)C[C@@H]3F)cccn2c1[Se]C(F)(F)F. The second-order valence-electron chi connectivity index (χ2n) is 11.1. The molecule has 0 aliphatic carbocycles. The van der Waals surface area contributed by atoms with E-state index in [0.29, 0.717) is 41.2 Å². The molecule has 0 saturated carbocycles. The number of alkyl halides is 4. The first kappa shape index (κ1) is 31.0. The molecule has 2 fully saturated rings. The van der Waals surface area contributed by atoms with Crippen LogP contribution in [0.3, 0.4) is 0 Å². The molecule has 2 atom stereocenters. The van der Waals surface area contributed by atoms with E-state index < -0.39 is 37.8 Å². The first-order valence-corrected chi connectivity index (χ1v) is 15.5. The van der Waals surface area contributed by atoms with Gasteiger partial charge in [-0.1, -0.05) is 0 Å². The Labute approximate surface area is 253 Å². The van der Waals surface area contributed by atoms with Crippen molar-refractivity contribution in [2.45, 2.75) is 36.2 Å². The van der Waals surface area contributed by atoms with Crippen molar-refractivity contribution >= 4 is 42.3 Å². The number of likely N-dealkylation sites (tertiary alicyclic amines) is 2. The average Bonchev–Trinajstić information content (AvgIpc) is 3.27. The van der Waals surface area contributed by atoms with Crippen LogP contribution in [-0.2, 0) is 0 Å². The number of methoxy groups -OCH3 is 1. The Kier molecular flexibility index (Phi) is 8.86. The number of benzene rings is 1. The number of aliphatic hydroxyl groups is 1. The molecular weight excluding hydrogens is 633 g/mol. The Morgan fingerprint density at radius 2 is 2.00 bits per heavy atom. The fraction of sp³-hybridized carbons (Fsp3) is 0.433. The van der Waals surface area contributed by atoms with Gasteiger partial charge in [0, 0.05) is 0 Å². The van der Waals surface area contributed by atoms with Gasteiger partial charge in [0.15, 0.2) is 0 Å². The van der Waals surface area contributed by atoms with Gasteiger partial charge in [0.05, 0.1) is 18.7 Å². The number of aromatic nitrogens is 1. The molecule has 230 valence electrons. The van der Waals surface area contributed by atoms with Gasteiger partial charge in [-0.05, 0) is 6.92 Å². The monoisotopic (exact) mass is 667 g/mol. The Bertz CT molecular complexity index is 1560. The van der Waals surface area contributed by atoms with Crippen LogP contribution in [0.25, 0.3) is 5.52 Å². The molecule has 3 aromatic rings. The number of ether oxygens (including phenoxy) is 1. The Morgan fingerprint density at radius 3 is 2.67 bits per heavy atom. The molecule has 0 radical (unpaired) electrons. The molecule has 43 heavy (non-hydrogen) atoms. The molecule has 8 nitrogen and oxygen atoms in total. The summed E-state index contributed by atoms with van der Waals surface area (Å²) in [4.78, 5) is 16.1. The third kappa shape index (κ3) is 7.21. The molecule has 4 heterocycles. The molecule has 13 heteroatoms. The normalized spacial score (nSPS) is 20.2. The number of rotatable bonds is 7. The molecule has 1 aromatic carbocycles. The zero-order chi connectivity index (χ0) is 30.9. The van der Waals surface area contributed by atoms with Gasteiger partial charge in [-0.3, -0.25) is 0 Å². The molecule has 0 spiro atoms. The number of nitrogens with zero attached hydrogens (tertiary/aromatic N) is 3.